The number of nitrogens with zero attached hydrogens (tertiary/aromatic N) is 1. The summed E-state index contributed by atoms with van der Waals surface area (Å²) in [6.07, 6.45) is 4.59. The maximum atomic E-state index is 14.2. The van der Waals surface area contributed by atoms with Crippen LogP contribution in [-0.4, -0.2) is 44.9 Å². The van der Waals surface area contributed by atoms with Crippen molar-refractivity contribution in [3.05, 3.63) is 65.0 Å². The van der Waals surface area contributed by atoms with Crippen LogP contribution in [0.2, 0.25) is 0 Å². The van der Waals surface area contributed by atoms with Crippen molar-refractivity contribution < 1.29 is 19.0 Å². The SMILES string of the molecule is COc1ccc(C=C2CCCC(CN(C)C)C2(O)c2cc(F)ccc2OC)cc1. The van der Waals surface area contributed by atoms with Gasteiger partial charge in [-0.2, -0.15) is 0 Å². The van der Waals surface area contributed by atoms with E-state index in [1.54, 1.807) is 20.3 Å². The zero-order chi connectivity index (χ0) is 21.0. The van der Waals surface area contributed by atoms with E-state index >= 15 is 0 Å². The topological polar surface area (TPSA) is 41.9 Å². The Morgan fingerprint density at radius 2 is 1.86 bits per heavy atom. The molecule has 2 unspecified atom stereocenters. The first-order valence-corrected chi connectivity index (χ1v) is 9.94. The predicted octanol–water partition coefficient (Wildman–Crippen LogP) is 4.48. The van der Waals surface area contributed by atoms with Crippen molar-refractivity contribution in [3.8, 4) is 11.5 Å². The molecule has 156 valence electrons. The fraction of sp³-hybridized carbons (Fsp3) is 0.417. The average Bonchev–Trinajstić information content (AvgIpc) is 2.71. The molecule has 29 heavy (non-hydrogen) atoms. The highest BCUT2D eigenvalue weighted by Gasteiger charge is 2.46. The van der Waals surface area contributed by atoms with Crippen molar-refractivity contribution in [1.82, 2.24) is 4.90 Å². The minimum absolute atomic E-state index is 0.0774. The molecule has 3 rings (SSSR count). The lowest BCUT2D eigenvalue weighted by Gasteiger charge is -2.44. The summed E-state index contributed by atoms with van der Waals surface area (Å²) in [7, 11) is 7.17. The Kier molecular flexibility index (Phi) is 6.60. The lowest BCUT2D eigenvalue weighted by atomic mass is 9.67. The van der Waals surface area contributed by atoms with Gasteiger partial charge in [0, 0.05) is 18.0 Å². The summed E-state index contributed by atoms with van der Waals surface area (Å²) in [4.78, 5) is 2.07. The third-order valence-electron chi connectivity index (χ3n) is 5.69. The van der Waals surface area contributed by atoms with Crippen molar-refractivity contribution in [2.24, 2.45) is 5.92 Å². The highest BCUT2D eigenvalue weighted by molar-refractivity contribution is 5.59. The van der Waals surface area contributed by atoms with Gasteiger partial charge in [-0.1, -0.05) is 18.2 Å². The monoisotopic (exact) mass is 399 g/mol. The van der Waals surface area contributed by atoms with Crippen LogP contribution in [0.15, 0.2) is 48.0 Å². The van der Waals surface area contributed by atoms with Gasteiger partial charge < -0.3 is 19.5 Å². The molecule has 0 bridgehead atoms. The molecule has 0 radical (unpaired) electrons. The summed E-state index contributed by atoms with van der Waals surface area (Å²) in [6, 6.07) is 12.1. The fourth-order valence-electron chi connectivity index (χ4n) is 4.32. The Bertz CT molecular complexity index is 863. The Balaban J connectivity index is 2.14. The minimum Gasteiger partial charge on any atom is -0.497 e. The van der Waals surface area contributed by atoms with E-state index in [1.165, 1.54) is 12.1 Å². The number of aliphatic hydroxyl groups is 1. The van der Waals surface area contributed by atoms with E-state index in [2.05, 4.69) is 4.90 Å². The van der Waals surface area contributed by atoms with Crippen LogP contribution in [-0.2, 0) is 5.60 Å². The quantitative estimate of drug-likeness (QED) is 0.778. The van der Waals surface area contributed by atoms with Crippen molar-refractivity contribution >= 4 is 6.08 Å². The van der Waals surface area contributed by atoms with Gasteiger partial charge in [-0.15, -0.1) is 0 Å². The molecule has 2 aromatic rings. The van der Waals surface area contributed by atoms with Crippen molar-refractivity contribution in [3.63, 3.8) is 0 Å². The molecule has 2 atom stereocenters. The molecule has 0 aromatic heterocycles. The van der Waals surface area contributed by atoms with Gasteiger partial charge in [-0.25, -0.2) is 4.39 Å². The van der Waals surface area contributed by atoms with E-state index in [1.807, 2.05) is 44.4 Å². The van der Waals surface area contributed by atoms with Crippen LogP contribution in [0, 0.1) is 11.7 Å². The molecular formula is C24H30FNO3. The maximum absolute atomic E-state index is 14.2. The lowest BCUT2D eigenvalue weighted by molar-refractivity contribution is -0.0192. The first kappa shape index (κ1) is 21.3. The number of methoxy groups -OCH3 is 2. The lowest BCUT2D eigenvalue weighted by Crippen LogP contribution is -2.45. The first-order valence-electron chi connectivity index (χ1n) is 9.94. The Morgan fingerprint density at radius 3 is 2.48 bits per heavy atom. The molecule has 1 aliphatic rings. The van der Waals surface area contributed by atoms with Crippen molar-refractivity contribution in [2.75, 3.05) is 34.9 Å². The van der Waals surface area contributed by atoms with E-state index in [0.29, 0.717) is 17.9 Å². The van der Waals surface area contributed by atoms with E-state index in [4.69, 9.17) is 9.47 Å². The molecule has 1 fully saturated rings. The predicted molar refractivity (Wildman–Crippen MR) is 114 cm³/mol. The smallest absolute Gasteiger partial charge is 0.125 e. The van der Waals surface area contributed by atoms with Gasteiger partial charge in [0.2, 0.25) is 0 Å². The van der Waals surface area contributed by atoms with Gasteiger partial charge in [0.05, 0.1) is 14.2 Å². The molecule has 0 aliphatic heterocycles. The third-order valence-corrected chi connectivity index (χ3v) is 5.69. The maximum Gasteiger partial charge on any atom is 0.125 e. The molecule has 0 heterocycles. The van der Waals surface area contributed by atoms with E-state index < -0.39 is 5.60 Å². The molecule has 0 saturated heterocycles. The van der Waals surface area contributed by atoms with Gasteiger partial charge in [0.1, 0.15) is 22.9 Å². The summed E-state index contributed by atoms with van der Waals surface area (Å²) in [5.41, 5.74) is 1.03. The second-order valence-corrected chi connectivity index (χ2v) is 7.91. The average molecular weight is 400 g/mol. The molecule has 0 spiro atoms. The van der Waals surface area contributed by atoms with Gasteiger partial charge in [0.25, 0.3) is 0 Å². The van der Waals surface area contributed by atoms with Crippen LogP contribution in [0.4, 0.5) is 4.39 Å². The summed E-state index contributed by atoms with van der Waals surface area (Å²) in [5.74, 6) is 0.821. The molecule has 1 N–H and O–H groups in total. The molecule has 1 aliphatic carbocycles. The number of rotatable bonds is 6. The van der Waals surface area contributed by atoms with Crippen LogP contribution < -0.4 is 9.47 Å². The van der Waals surface area contributed by atoms with Gasteiger partial charge in [-0.05, 0) is 74.8 Å². The highest BCUT2D eigenvalue weighted by atomic mass is 19.1. The highest BCUT2D eigenvalue weighted by Crippen LogP contribution is 2.49. The summed E-state index contributed by atoms with van der Waals surface area (Å²) >= 11 is 0. The first-order chi connectivity index (χ1) is 13.9. The summed E-state index contributed by atoms with van der Waals surface area (Å²) in [6.45, 7) is 0.691. The van der Waals surface area contributed by atoms with Gasteiger partial charge in [0.15, 0.2) is 0 Å². The number of hydrogen-bond acceptors (Lipinski definition) is 4. The minimum atomic E-state index is -1.31. The van der Waals surface area contributed by atoms with Crippen molar-refractivity contribution in [1.29, 1.82) is 0 Å². The van der Waals surface area contributed by atoms with E-state index in [9.17, 15) is 9.50 Å². The van der Waals surface area contributed by atoms with Crippen LogP contribution in [0.25, 0.3) is 6.08 Å². The summed E-state index contributed by atoms with van der Waals surface area (Å²) in [5, 5.41) is 12.1. The summed E-state index contributed by atoms with van der Waals surface area (Å²) < 4.78 is 25.0. The zero-order valence-electron chi connectivity index (χ0n) is 17.6. The molecule has 1 saturated carbocycles. The normalized spacial score (nSPS) is 23.4. The number of benzene rings is 2. The molecule has 5 heteroatoms. The van der Waals surface area contributed by atoms with E-state index in [0.717, 1.165) is 36.1 Å². The van der Waals surface area contributed by atoms with Crippen molar-refractivity contribution in [2.45, 2.75) is 24.9 Å². The van der Waals surface area contributed by atoms with E-state index in [-0.39, 0.29) is 11.7 Å². The molecule has 0 amide bonds. The number of halogens is 1. The molecular weight excluding hydrogens is 369 g/mol. The number of hydrogen-bond donors (Lipinski definition) is 1. The van der Waals surface area contributed by atoms with Gasteiger partial charge in [-0.3, -0.25) is 0 Å². The second kappa shape index (κ2) is 8.97. The van der Waals surface area contributed by atoms with Gasteiger partial charge >= 0.3 is 0 Å². The zero-order valence-corrected chi connectivity index (χ0v) is 17.6. The second-order valence-electron chi connectivity index (χ2n) is 7.91. The standard InChI is InChI=1S/C24H30FNO3/c1-26(2)16-19-7-5-6-18(14-17-8-11-21(28-3)12-9-17)24(19,27)22-15-20(25)10-13-23(22)29-4/h8-15,19,27H,5-7,16H2,1-4H3. The third kappa shape index (κ3) is 4.46. The Morgan fingerprint density at radius 1 is 1.14 bits per heavy atom. The number of ether oxygens (including phenoxy) is 2. The van der Waals surface area contributed by atoms with Crippen LogP contribution in [0.5, 0.6) is 11.5 Å². The largest absolute Gasteiger partial charge is 0.497 e. The Labute approximate surface area is 172 Å². The fourth-order valence-corrected chi connectivity index (χ4v) is 4.32. The Hall–Kier alpha value is -2.37. The van der Waals surface area contributed by atoms with Crippen LogP contribution in [0.1, 0.15) is 30.4 Å². The van der Waals surface area contributed by atoms with Crippen LogP contribution in [0.3, 0.4) is 0 Å². The van der Waals surface area contributed by atoms with Crippen LogP contribution >= 0.6 is 0 Å². The molecule has 4 nitrogen and oxygen atoms in total. The molecule has 2 aromatic carbocycles.